The second kappa shape index (κ2) is 5.73. The van der Waals surface area contributed by atoms with Gasteiger partial charge in [-0.3, -0.25) is 4.79 Å². The summed E-state index contributed by atoms with van der Waals surface area (Å²) in [4.78, 5) is 12.7. The normalized spacial score (nSPS) is 10.1. The number of likely N-dealkylation sites (N-methyl/N-ethyl adjacent to an activating group) is 2. The quantitative estimate of drug-likeness (QED) is 0.778. The number of nitrogens with one attached hydrogen (secondary N) is 1. The van der Waals surface area contributed by atoms with Gasteiger partial charge in [0.25, 0.3) is 0 Å². The number of hydrogen-bond acceptors (Lipinski definition) is 3. The number of rotatable bonds is 5. The Morgan fingerprint density at radius 2 is 2.27 bits per heavy atom. The zero-order valence-electron chi connectivity index (χ0n) is 8.96. The summed E-state index contributed by atoms with van der Waals surface area (Å²) in [6.07, 6.45) is 0.764. The molecule has 1 aromatic rings. The molecule has 0 aromatic heterocycles. The third-order valence-corrected chi connectivity index (χ3v) is 2.58. The number of aldehydes is 1. The van der Waals surface area contributed by atoms with Crippen LogP contribution in [-0.2, 0) is 0 Å². The van der Waals surface area contributed by atoms with Gasteiger partial charge in [-0.15, -0.1) is 0 Å². The molecule has 0 amide bonds. The van der Waals surface area contributed by atoms with Crippen LogP contribution in [0.25, 0.3) is 0 Å². The summed E-state index contributed by atoms with van der Waals surface area (Å²) in [5.41, 5.74) is 1.54. The van der Waals surface area contributed by atoms with Gasteiger partial charge in [-0.25, -0.2) is 0 Å². The molecule has 4 heteroatoms. The molecule has 0 aliphatic carbocycles. The van der Waals surface area contributed by atoms with Crippen LogP contribution in [0.5, 0.6) is 0 Å². The molecule has 82 valence electrons. The van der Waals surface area contributed by atoms with Gasteiger partial charge < -0.3 is 10.2 Å². The first-order valence-corrected chi connectivity index (χ1v) is 5.17. The van der Waals surface area contributed by atoms with Gasteiger partial charge in [-0.1, -0.05) is 11.6 Å². The minimum atomic E-state index is 0.499. The van der Waals surface area contributed by atoms with Crippen molar-refractivity contribution in [1.29, 1.82) is 0 Å². The molecule has 0 heterocycles. The Bertz CT molecular complexity index is 341. The van der Waals surface area contributed by atoms with E-state index in [1.807, 2.05) is 20.2 Å². The van der Waals surface area contributed by atoms with Crippen molar-refractivity contribution in [2.75, 3.05) is 32.1 Å². The van der Waals surface area contributed by atoms with Crippen LogP contribution in [0, 0.1) is 0 Å². The predicted octanol–water partition coefficient (Wildman–Crippen LogP) is 1.81. The molecule has 0 radical (unpaired) electrons. The molecule has 1 rings (SSSR count). The molecule has 0 atom stereocenters. The third-order valence-electron chi connectivity index (χ3n) is 2.25. The van der Waals surface area contributed by atoms with E-state index in [4.69, 9.17) is 11.6 Å². The highest BCUT2D eigenvalue weighted by Crippen LogP contribution is 2.21. The standard InChI is InChI=1S/C11H15ClN2O/c1-13-5-6-14(2)10-4-3-9(8-15)11(12)7-10/h3-4,7-8,13H,5-6H2,1-2H3. The van der Waals surface area contributed by atoms with Crippen LogP contribution in [0.2, 0.25) is 5.02 Å². The van der Waals surface area contributed by atoms with Gasteiger partial charge in [0.2, 0.25) is 0 Å². The molecule has 0 saturated heterocycles. The number of benzene rings is 1. The number of carbonyl (C=O) groups is 1. The van der Waals surface area contributed by atoms with Gasteiger partial charge >= 0.3 is 0 Å². The van der Waals surface area contributed by atoms with E-state index in [9.17, 15) is 4.79 Å². The van der Waals surface area contributed by atoms with E-state index >= 15 is 0 Å². The van der Waals surface area contributed by atoms with E-state index in [0.29, 0.717) is 10.6 Å². The third kappa shape index (κ3) is 3.22. The summed E-state index contributed by atoms with van der Waals surface area (Å²) in [5.74, 6) is 0. The molecular weight excluding hydrogens is 212 g/mol. The van der Waals surface area contributed by atoms with Gasteiger partial charge in [0.1, 0.15) is 0 Å². The van der Waals surface area contributed by atoms with Gasteiger partial charge in [-0.05, 0) is 25.2 Å². The zero-order chi connectivity index (χ0) is 11.3. The molecule has 0 aliphatic rings. The number of hydrogen-bond donors (Lipinski definition) is 1. The first-order valence-electron chi connectivity index (χ1n) is 4.79. The van der Waals surface area contributed by atoms with Gasteiger partial charge in [0.05, 0.1) is 5.02 Å². The average Bonchev–Trinajstić information content (AvgIpc) is 2.25. The fourth-order valence-corrected chi connectivity index (χ4v) is 1.48. The molecule has 1 N–H and O–H groups in total. The van der Waals surface area contributed by atoms with Crippen LogP contribution in [0.1, 0.15) is 10.4 Å². The number of halogens is 1. The zero-order valence-corrected chi connectivity index (χ0v) is 9.71. The number of carbonyl (C=O) groups excluding carboxylic acids is 1. The summed E-state index contributed by atoms with van der Waals surface area (Å²) in [5, 5.41) is 3.57. The van der Waals surface area contributed by atoms with Crippen LogP contribution in [0.15, 0.2) is 18.2 Å². The highest BCUT2D eigenvalue weighted by molar-refractivity contribution is 6.33. The van der Waals surface area contributed by atoms with Gasteiger partial charge in [-0.2, -0.15) is 0 Å². The lowest BCUT2D eigenvalue weighted by Gasteiger charge is -2.19. The number of nitrogens with zero attached hydrogens (tertiary/aromatic N) is 1. The highest BCUT2D eigenvalue weighted by atomic mass is 35.5. The largest absolute Gasteiger partial charge is 0.373 e. The smallest absolute Gasteiger partial charge is 0.151 e. The fraction of sp³-hybridized carbons (Fsp3) is 0.364. The van der Waals surface area contributed by atoms with Crippen LogP contribution in [0.3, 0.4) is 0 Å². The van der Waals surface area contributed by atoms with E-state index < -0.39 is 0 Å². The molecule has 0 fully saturated rings. The van der Waals surface area contributed by atoms with Crippen molar-refractivity contribution in [2.45, 2.75) is 0 Å². The highest BCUT2D eigenvalue weighted by Gasteiger charge is 2.04. The molecular formula is C11H15ClN2O. The molecule has 0 bridgehead atoms. The Morgan fingerprint density at radius 1 is 1.53 bits per heavy atom. The average molecular weight is 227 g/mol. The van der Waals surface area contributed by atoms with E-state index in [0.717, 1.165) is 25.1 Å². The second-order valence-corrected chi connectivity index (χ2v) is 3.76. The Morgan fingerprint density at radius 3 is 2.80 bits per heavy atom. The first kappa shape index (κ1) is 12.0. The van der Waals surface area contributed by atoms with Crippen LogP contribution in [0.4, 0.5) is 5.69 Å². The molecule has 0 saturated carbocycles. The lowest BCUT2D eigenvalue weighted by Crippen LogP contribution is -2.26. The SMILES string of the molecule is CNCCN(C)c1ccc(C=O)c(Cl)c1. The van der Waals surface area contributed by atoms with E-state index in [2.05, 4.69) is 10.2 Å². The topological polar surface area (TPSA) is 32.3 Å². The first-order chi connectivity index (χ1) is 7.19. The summed E-state index contributed by atoms with van der Waals surface area (Å²) in [6.45, 7) is 1.80. The minimum Gasteiger partial charge on any atom is -0.373 e. The van der Waals surface area contributed by atoms with Gasteiger partial charge in [0, 0.05) is 31.4 Å². The monoisotopic (exact) mass is 226 g/mol. The van der Waals surface area contributed by atoms with Crippen molar-refractivity contribution in [3.05, 3.63) is 28.8 Å². The van der Waals surface area contributed by atoms with Crippen LogP contribution in [-0.4, -0.2) is 33.5 Å². The molecule has 0 spiro atoms. The lowest BCUT2D eigenvalue weighted by molar-refractivity contribution is 0.112. The summed E-state index contributed by atoms with van der Waals surface area (Å²) >= 11 is 5.93. The molecule has 1 aromatic carbocycles. The van der Waals surface area contributed by atoms with Crippen molar-refractivity contribution in [3.8, 4) is 0 Å². The molecule has 3 nitrogen and oxygen atoms in total. The van der Waals surface area contributed by atoms with E-state index in [1.165, 1.54) is 0 Å². The minimum absolute atomic E-state index is 0.499. The second-order valence-electron chi connectivity index (χ2n) is 3.35. The predicted molar refractivity (Wildman–Crippen MR) is 64.0 cm³/mol. The Kier molecular flexibility index (Phi) is 4.59. The Labute approximate surface area is 95.0 Å². The lowest BCUT2D eigenvalue weighted by atomic mass is 10.2. The van der Waals surface area contributed by atoms with Gasteiger partial charge in [0.15, 0.2) is 6.29 Å². The summed E-state index contributed by atoms with van der Waals surface area (Å²) in [6, 6.07) is 5.44. The maximum absolute atomic E-state index is 10.6. The molecule has 15 heavy (non-hydrogen) atoms. The maximum Gasteiger partial charge on any atom is 0.151 e. The Balaban J connectivity index is 2.77. The molecule has 0 unspecified atom stereocenters. The Hall–Kier alpha value is -1.06. The molecule has 0 aliphatic heterocycles. The summed E-state index contributed by atoms with van der Waals surface area (Å²) < 4.78 is 0. The van der Waals surface area contributed by atoms with Crippen molar-refractivity contribution in [2.24, 2.45) is 0 Å². The van der Waals surface area contributed by atoms with Crippen molar-refractivity contribution < 1.29 is 4.79 Å². The van der Waals surface area contributed by atoms with E-state index in [1.54, 1.807) is 12.1 Å². The summed E-state index contributed by atoms with van der Waals surface area (Å²) in [7, 11) is 3.90. The van der Waals surface area contributed by atoms with Crippen LogP contribution < -0.4 is 10.2 Å². The van der Waals surface area contributed by atoms with E-state index in [-0.39, 0.29) is 0 Å². The van der Waals surface area contributed by atoms with Crippen molar-refractivity contribution >= 4 is 23.6 Å². The maximum atomic E-state index is 10.6. The van der Waals surface area contributed by atoms with Crippen molar-refractivity contribution in [1.82, 2.24) is 5.32 Å². The van der Waals surface area contributed by atoms with Crippen LogP contribution >= 0.6 is 11.6 Å². The van der Waals surface area contributed by atoms with Crippen molar-refractivity contribution in [3.63, 3.8) is 0 Å². The fourth-order valence-electron chi connectivity index (χ4n) is 1.26. The number of anilines is 1.